The molecule has 2 aromatic heterocycles. The molecular weight excluding hydrogens is 214 g/mol. The summed E-state index contributed by atoms with van der Waals surface area (Å²) in [7, 11) is 0. The van der Waals surface area contributed by atoms with Crippen LogP contribution < -0.4 is 5.32 Å². The smallest absolute Gasteiger partial charge is 0.172 e. The lowest BCUT2D eigenvalue weighted by Crippen LogP contribution is -2.17. The third-order valence-corrected chi connectivity index (χ3v) is 2.77. The van der Waals surface area contributed by atoms with Gasteiger partial charge in [-0.25, -0.2) is 9.67 Å². The second-order valence-electron chi connectivity index (χ2n) is 4.49. The molecule has 0 radical (unpaired) electrons. The highest BCUT2D eigenvalue weighted by molar-refractivity contribution is 5.20. The number of aryl methyl sites for hydroxylation is 1. The third kappa shape index (κ3) is 2.50. The van der Waals surface area contributed by atoms with E-state index < -0.39 is 0 Å². The van der Waals surface area contributed by atoms with Crippen molar-refractivity contribution in [2.24, 2.45) is 0 Å². The molecule has 0 aromatic carbocycles. The van der Waals surface area contributed by atoms with Crippen molar-refractivity contribution in [3.05, 3.63) is 36.0 Å². The fraction of sp³-hybridized carbons (Fsp3) is 0.417. The molecule has 0 saturated heterocycles. The van der Waals surface area contributed by atoms with Crippen LogP contribution in [0.25, 0.3) is 5.82 Å². The number of rotatable bonds is 4. The van der Waals surface area contributed by atoms with E-state index in [4.69, 9.17) is 0 Å². The fourth-order valence-electron chi connectivity index (χ4n) is 1.66. The molecule has 1 aliphatic carbocycles. The van der Waals surface area contributed by atoms with Gasteiger partial charge in [0.25, 0.3) is 0 Å². The Bertz CT molecular complexity index is 515. The standard InChI is InChI=1S/C12H15N5/c1-9-4-15-17(8-9)12-7-13-5-11(16-12)6-14-10-2-3-10/h4-5,7-8,10,14H,2-3,6H2,1H3. The van der Waals surface area contributed by atoms with Gasteiger partial charge < -0.3 is 5.32 Å². The van der Waals surface area contributed by atoms with Crippen LogP contribution >= 0.6 is 0 Å². The number of hydrogen-bond acceptors (Lipinski definition) is 4. The number of hydrogen-bond donors (Lipinski definition) is 1. The maximum atomic E-state index is 4.53. The zero-order valence-corrected chi connectivity index (χ0v) is 9.80. The van der Waals surface area contributed by atoms with Gasteiger partial charge in [0.1, 0.15) is 0 Å². The molecule has 0 aliphatic heterocycles. The fourth-order valence-corrected chi connectivity index (χ4v) is 1.66. The lowest BCUT2D eigenvalue weighted by atomic mass is 10.4. The largest absolute Gasteiger partial charge is 0.308 e. The van der Waals surface area contributed by atoms with Gasteiger partial charge in [0.05, 0.1) is 18.1 Å². The van der Waals surface area contributed by atoms with E-state index in [9.17, 15) is 0 Å². The van der Waals surface area contributed by atoms with Gasteiger partial charge >= 0.3 is 0 Å². The van der Waals surface area contributed by atoms with E-state index in [-0.39, 0.29) is 0 Å². The van der Waals surface area contributed by atoms with Crippen LogP contribution in [0.3, 0.4) is 0 Å². The van der Waals surface area contributed by atoms with E-state index in [0.29, 0.717) is 6.04 Å². The Morgan fingerprint density at radius 3 is 2.94 bits per heavy atom. The Balaban J connectivity index is 1.77. The van der Waals surface area contributed by atoms with Crippen molar-refractivity contribution >= 4 is 0 Å². The van der Waals surface area contributed by atoms with Crippen molar-refractivity contribution in [1.82, 2.24) is 25.1 Å². The van der Waals surface area contributed by atoms with E-state index in [0.717, 1.165) is 23.6 Å². The van der Waals surface area contributed by atoms with Crippen molar-refractivity contribution < 1.29 is 0 Å². The summed E-state index contributed by atoms with van der Waals surface area (Å²) < 4.78 is 1.75. The summed E-state index contributed by atoms with van der Waals surface area (Å²) in [6, 6.07) is 0.687. The number of nitrogens with one attached hydrogen (secondary N) is 1. The molecule has 2 aromatic rings. The first-order valence-electron chi connectivity index (χ1n) is 5.87. The van der Waals surface area contributed by atoms with Gasteiger partial charge in [-0.05, 0) is 25.3 Å². The molecule has 1 aliphatic rings. The highest BCUT2D eigenvalue weighted by Gasteiger charge is 2.20. The topological polar surface area (TPSA) is 55.6 Å². The SMILES string of the molecule is Cc1cnn(-c2cncc(CNC3CC3)n2)c1. The third-order valence-electron chi connectivity index (χ3n) is 2.77. The Labute approximate surface area is 99.9 Å². The molecule has 5 heteroatoms. The Kier molecular flexibility index (Phi) is 2.60. The van der Waals surface area contributed by atoms with Crippen LogP contribution in [0.15, 0.2) is 24.8 Å². The first-order valence-corrected chi connectivity index (χ1v) is 5.87. The summed E-state index contributed by atoms with van der Waals surface area (Å²) >= 11 is 0. The molecule has 17 heavy (non-hydrogen) atoms. The lowest BCUT2D eigenvalue weighted by molar-refractivity contribution is 0.667. The molecule has 0 bridgehead atoms. The molecule has 1 saturated carbocycles. The van der Waals surface area contributed by atoms with Crippen molar-refractivity contribution in [2.75, 3.05) is 0 Å². The van der Waals surface area contributed by atoms with Gasteiger partial charge in [0, 0.05) is 25.0 Å². The van der Waals surface area contributed by atoms with Crippen LogP contribution in [-0.4, -0.2) is 25.8 Å². The zero-order valence-electron chi connectivity index (χ0n) is 9.80. The average molecular weight is 229 g/mol. The van der Waals surface area contributed by atoms with E-state index in [2.05, 4.69) is 20.4 Å². The van der Waals surface area contributed by atoms with Gasteiger partial charge in [0.15, 0.2) is 5.82 Å². The summed E-state index contributed by atoms with van der Waals surface area (Å²) in [6.45, 7) is 2.79. The molecular formula is C12H15N5. The minimum Gasteiger partial charge on any atom is -0.308 e. The van der Waals surface area contributed by atoms with Crippen molar-refractivity contribution in [3.63, 3.8) is 0 Å². The lowest BCUT2D eigenvalue weighted by Gasteiger charge is -2.04. The van der Waals surface area contributed by atoms with Gasteiger partial charge in [-0.3, -0.25) is 4.98 Å². The normalized spacial score (nSPS) is 15.1. The van der Waals surface area contributed by atoms with E-state index in [1.54, 1.807) is 17.1 Å². The molecule has 0 unspecified atom stereocenters. The summed E-state index contributed by atoms with van der Waals surface area (Å²) in [6.07, 6.45) is 9.86. The van der Waals surface area contributed by atoms with Gasteiger partial charge in [-0.2, -0.15) is 5.10 Å². The molecule has 5 nitrogen and oxygen atoms in total. The maximum absolute atomic E-state index is 4.53. The Morgan fingerprint density at radius 2 is 2.24 bits per heavy atom. The molecule has 0 atom stereocenters. The average Bonchev–Trinajstić information content (AvgIpc) is 3.08. The quantitative estimate of drug-likeness (QED) is 0.856. The number of aromatic nitrogens is 4. The highest BCUT2D eigenvalue weighted by atomic mass is 15.3. The molecule has 88 valence electrons. The van der Waals surface area contributed by atoms with Gasteiger partial charge in [-0.15, -0.1) is 0 Å². The summed E-state index contributed by atoms with van der Waals surface area (Å²) in [5.41, 5.74) is 2.08. The van der Waals surface area contributed by atoms with E-state index in [1.807, 2.05) is 19.3 Å². The van der Waals surface area contributed by atoms with Crippen LogP contribution in [0.5, 0.6) is 0 Å². The summed E-state index contributed by atoms with van der Waals surface area (Å²) in [4.78, 5) is 8.74. The first-order chi connectivity index (χ1) is 8.31. The molecule has 1 fully saturated rings. The molecule has 0 spiro atoms. The Hall–Kier alpha value is -1.75. The van der Waals surface area contributed by atoms with Crippen LogP contribution in [0.2, 0.25) is 0 Å². The Morgan fingerprint density at radius 1 is 1.35 bits per heavy atom. The number of nitrogens with zero attached hydrogens (tertiary/aromatic N) is 4. The van der Waals surface area contributed by atoms with Crippen molar-refractivity contribution in [1.29, 1.82) is 0 Å². The first kappa shape index (κ1) is 10.4. The second-order valence-corrected chi connectivity index (χ2v) is 4.49. The van der Waals surface area contributed by atoms with E-state index in [1.165, 1.54) is 12.8 Å². The maximum Gasteiger partial charge on any atom is 0.172 e. The van der Waals surface area contributed by atoms with Gasteiger partial charge in [-0.1, -0.05) is 0 Å². The van der Waals surface area contributed by atoms with E-state index >= 15 is 0 Å². The minimum atomic E-state index is 0.687. The summed E-state index contributed by atoms with van der Waals surface area (Å²) in [5.74, 6) is 0.771. The van der Waals surface area contributed by atoms with Crippen molar-refractivity contribution in [2.45, 2.75) is 32.4 Å². The van der Waals surface area contributed by atoms with Gasteiger partial charge in [0.2, 0.25) is 0 Å². The molecule has 2 heterocycles. The van der Waals surface area contributed by atoms with Crippen LogP contribution in [-0.2, 0) is 6.54 Å². The summed E-state index contributed by atoms with van der Waals surface area (Å²) in [5, 5.41) is 7.65. The molecule has 1 N–H and O–H groups in total. The van der Waals surface area contributed by atoms with Crippen LogP contribution in [0.4, 0.5) is 0 Å². The second kappa shape index (κ2) is 4.25. The predicted octanol–water partition coefficient (Wildman–Crippen LogP) is 1.22. The predicted molar refractivity (Wildman–Crippen MR) is 63.8 cm³/mol. The zero-order chi connectivity index (χ0) is 11.7. The molecule has 0 amide bonds. The van der Waals surface area contributed by atoms with Crippen LogP contribution in [0.1, 0.15) is 24.1 Å². The monoisotopic (exact) mass is 229 g/mol. The highest BCUT2D eigenvalue weighted by Crippen LogP contribution is 2.19. The van der Waals surface area contributed by atoms with Crippen LogP contribution in [0, 0.1) is 6.92 Å². The minimum absolute atomic E-state index is 0.687. The molecule has 3 rings (SSSR count). The van der Waals surface area contributed by atoms with Crippen molar-refractivity contribution in [3.8, 4) is 5.82 Å².